The van der Waals surface area contributed by atoms with Crippen LogP contribution in [0.15, 0.2) is 48.5 Å². The van der Waals surface area contributed by atoms with Crippen molar-refractivity contribution in [3.05, 3.63) is 59.1 Å². The number of halogens is 1. The molecule has 6 heteroatoms. The molecule has 0 aliphatic rings. The standard InChI is InChI=1S/C19H21ClN2O3/c1-3-13(2)21-19(24)16-9-4-5-10-17(16)22-18(23)12-25-15-8-6-7-14(20)11-15/h4-11,13H,3,12H2,1-2H3,(H,21,24)(H,22,23)/t13-/m1/s1. The van der Waals surface area contributed by atoms with Gasteiger partial charge in [0, 0.05) is 11.1 Å². The van der Waals surface area contributed by atoms with Crippen LogP contribution in [0.3, 0.4) is 0 Å². The summed E-state index contributed by atoms with van der Waals surface area (Å²) in [5.74, 6) is -0.0739. The number of hydrogen-bond acceptors (Lipinski definition) is 3. The topological polar surface area (TPSA) is 67.4 Å². The third-order valence-corrected chi connectivity index (χ3v) is 3.84. The average molecular weight is 361 g/mol. The molecule has 2 aromatic rings. The molecule has 0 aliphatic carbocycles. The van der Waals surface area contributed by atoms with E-state index in [9.17, 15) is 9.59 Å². The Labute approximate surface area is 152 Å². The smallest absolute Gasteiger partial charge is 0.262 e. The van der Waals surface area contributed by atoms with Gasteiger partial charge in [0.25, 0.3) is 11.8 Å². The molecule has 0 unspecified atom stereocenters. The van der Waals surface area contributed by atoms with Crippen molar-refractivity contribution in [1.29, 1.82) is 0 Å². The van der Waals surface area contributed by atoms with E-state index in [0.717, 1.165) is 6.42 Å². The van der Waals surface area contributed by atoms with E-state index in [-0.39, 0.29) is 24.5 Å². The molecule has 0 aromatic heterocycles. The summed E-state index contributed by atoms with van der Waals surface area (Å²) < 4.78 is 5.41. The zero-order valence-electron chi connectivity index (χ0n) is 14.2. The summed E-state index contributed by atoms with van der Waals surface area (Å²) in [6.45, 7) is 3.74. The highest BCUT2D eigenvalue weighted by molar-refractivity contribution is 6.30. The fraction of sp³-hybridized carbons (Fsp3) is 0.263. The molecule has 0 saturated carbocycles. The van der Waals surface area contributed by atoms with Gasteiger partial charge in [0.1, 0.15) is 5.75 Å². The molecule has 0 fully saturated rings. The number of para-hydroxylation sites is 1. The van der Waals surface area contributed by atoms with Crippen molar-refractivity contribution in [2.45, 2.75) is 26.3 Å². The van der Waals surface area contributed by atoms with Crippen LogP contribution in [0.1, 0.15) is 30.6 Å². The lowest BCUT2D eigenvalue weighted by Gasteiger charge is -2.15. The minimum atomic E-state index is -0.358. The van der Waals surface area contributed by atoms with Crippen LogP contribution in [0, 0.1) is 0 Å². The van der Waals surface area contributed by atoms with Crippen molar-refractivity contribution in [2.24, 2.45) is 0 Å². The maximum atomic E-state index is 12.3. The number of ether oxygens (including phenoxy) is 1. The Balaban J connectivity index is 1.99. The highest BCUT2D eigenvalue weighted by Gasteiger charge is 2.14. The predicted octanol–water partition coefficient (Wildman–Crippen LogP) is 3.89. The third-order valence-electron chi connectivity index (χ3n) is 3.60. The van der Waals surface area contributed by atoms with Crippen molar-refractivity contribution in [1.82, 2.24) is 5.32 Å². The molecular formula is C19H21ClN2O3. The zero-order valence-corrected chi connectivity index (χ0v) is 15.0. The van der Waals surface area contributed by atoms with E-state index < -0.39 is 0 Å². The second-order valence-electron chi connectivity index (χ2n) is 5.62. The molecule has 1 atom stereocenters. The number of rotatable bonds is 7. The van der Waals surface area contributed by atoms with E-state index in [0.29, 0.717) is 22.0 Å². The first kappa shape index (κ1) is 18.8. The summed E-state index contributed by atoms with van der Waals surface area (Å²) in [7, 11) is 0. The Bertz CT molecular complexity index is 749. The fourth-order valence-electron chi connectivity index (χ4n) is 2.09. The van der Waals surface area contributed by atoms with Gasteiger partial charge in [0.15, 0.2) is 6.61 Å². The molecule has 0 heterocycles. The van der Waals surface area contributed by atoms with Gasteiger partial charge in [0.05, 0.1) is 11.3 Å². The quantitative estimate of drug-likeness (QED) is 0.787. The van der Waals surface area contributed by atoms with Crippen molar-refractivity contribution < 1.29 is 14.3 Å². The minimum Gasteiger partial charge on any atom is -0.484 e. The summed E-state index contributed by atoms with van der Waals surface area (Å²) >= 11 is 5.87. The maximum absolute atomic E-state index is 12.3. The summed E-state index contributed by atoms with van der Waals surface area (Å²) in [6, 6.07) is 13.7. The molecule has 0 bridgehead atoms. The lowest BCUT2D eigenvalue weighted by molar-refractivity contribution is -0.118. The fourth-order valence-corrected chi connectivity index (χ4v) is 2.27. The number of hydrogen-bond donors (Lipinski definition) is 2. The molecule has 2 rings (SSSR count). The van der Waals surface area contributed by atoms with Crippen molar-refractivity contribution >= 4 is 29.1 Å². The van der Waals surface area contributed by atoms with E-state index in [1.807, 2.05) is 13.8 Å². The first-order chi connectivity index (χ1) is 12.0. The summed E-state index contributed by atoms with van der Waals surface area (Å²) in [4.78, 5) is 24.4. The van der Waals surface area contributed by atoms with Gasteiger partial charge in [-0.25, -0.2) is 0 Å². The van der Waals surface area contributed by atoms with Gasteiger partial charge in [-0.3, -0.25) is 9.59 Å². The van der Waals surface area contributed by atoms with E-state index in [1.54, 1.807) is 48.5 Å². The first-order valence-corrected chi connectivity index (χ1v) is 8.45. The van der Waals surface area contributed by atoms with E-state index in [4.69, 9.17) is 16.3 Å². The molecule has 2 aromatic carbocycles. The van der Waals surface area contributed by atoms with E-state index in [2.05, 4.69) is 10.6 Å². The Kier molecular flexibility index (Phi) is 6.83. The van der Waals surface area contributed by atoms with Crippen LogP contribution in [0.4, 0.5) is 5.69 Å². The second-order valence-corrected chi connectivity index (χ2v) is 6.06. The van der Waals surface area contributed by atoms with Crippen LogP contribution in [0.5, 0.6) is 5.75 Å². The number of amides is 2. The number of nitrogens with one attached hydrogen (secondary N) is 2. The number of benzene rings is 2. The van der Waals surface area contributed by atoms with Gasteiger partial charge in [-0.2, -0.15) is 0 Å². The zero-order chi connectivity index (χ0) is 18.2. The summed E-state index contributed by atoms with van der Waals surface area (Å²) in [5, 5.41) is 6.13. The van der Waals surface area contributed by atoms with Crippen molar-refractivity contribution in [2.75, 3.05) is 11.9 Å². The Hall–Kier alpha value is -2.53. The number of carbonyl (C=O) groups excluding carboxylic acids is 2. The van der Waals surface area contributed by atoms with Gasteiger partial charge in [-0.15, -0.1) is 0 Å². The molecule has 132 valence electrons. The van der Waals surface area contributed by atoms with Crippen LogP contribution >= 0.6 is 11.6 Å². The monoisotopic (exact) mass is 360 g/mol. The van der Waals surface area contributed by atoms with Gasteiger partial charge >= 0.3 is 0 Å². The van der Waals surface area contributed by atoms with Crippen molar-refractivity contribution in [3.63, 3.8) is 0 Å². The highest BCUT2D eigenvalue weighted by Crippen LogP contribution is 2.18. The number of carbonyl (C=O) groups is 2. The molecule has 0 spiro atoms. The van der Waals surface area contributed by atoms with E-state index >= 15 is 0 Å². The highest BCUT2D eigenvalue weighted by atomic mass is 35.5. The molecule has 2 N–H and O–H groups in total. The Morgan fingerprint density at radius 3 is 2.64 bits per heavy atom. The van der Waals surface area contributed by atoms with Crippen LogP contribution in [0.25, 0.3) is 0 Å². The van der Waals surface area contributed by atoms with Crippen molar-refractivity contribution in [3.8, 4) is 5.75 Å². The molecule has 0 saturated heterocycles. The summed E-state index contributed by atoms with van der Waals surface area (Å²) in [5.41, 5.74) is 0.863. The van der Waals surface area contributed by atoms with Gasteiger partial charge in [0.2, 0.25) is 0 Å². The van der Waals surface area contributed by atoms with Crippen LogP contribution in [0.2, 0.25) is 5.02 Å². The minimum absolute atomic E-state index is 0.0578. The van der Waals surface area contributed by atoms with Gasteiger partial charge in [-0.05, 0) is 43.7 Å². The normalized spacial score (nSPS) is 11.5. The van der Waals surface area contributed by atoms with Crippen LogP contribution in [-0.2, 0) is 4.79 Å². The van der Waals surface area contributed by atoms with E-state index in [1.165, 1.54) is 0 Å². The third kappa shape index (κ3) is 5.80. The largest absolute Gasteiger partial charge is 0.484 e. The van der Waals surface area contributed by atoms with Gasteiger partial charge < -0.3 is 15.4 Å². The molecule has 0 aliphatic heterocycles. The average Bonchev–Trinajstić information content (AvgIpc) is 2.60. The van der Waals surface area contributed by atoms with Crippen LogP contribution in [-0.4, -0.2) is 24.5 Å². The maximum Gasteiger partial charge on any atom is 0.262 e. The van der Waals surface area contributed by atoms with Gasteiger partial charge in [-0.1, -0.05) is 36.7 Å². The molecule has 2 amide bonds. The predicted molar refractivity (Wildman–Crippen MR) is 99.2 cm³/mol. The molecular weight excluding hydrogens is 340 g/mol. The van der Waals surface area contributed by atoms with Crippen LogP contribution < -0.4 is 15.4 Å². The lowest BCUT2D eigenvalue weighted by atomic mass is 10.1. The number of anilines is 1. The molecule has 0 radical (unpaired) electrons. The molecule has 25 heavy (non-hydrogen) atoms. The Morgan fingerprint density at radius 1 is 1.16 bits per heavy atom. The summed E-state index contributed by atoms with van der Waals surface area (Å²) in [6.07, 6.45) is 0.827. The molecule has 5 nitrogen and oxygen atoms in total. The Morgan fingerprint density at radius 2 is 1.92 bits per heavy atom. The first-order valence-electron chi connectivity index (χ1n) is 8.07. The lowest BCUT2D eigenvalue weighted by Crippen LogP contribution is -2.33. The SMILES string of the molecule is CC[C@@H](C)NC(=O)c1ccccc1NC(=O)COc1cccc(Cl)c1. The second kappa shape index (κ2) is 9.08.